The molecule has 0 atom stereocenters. The summed E-state index contributed by atoms with van der Waals surface area (Å²) in [4.78, 5) is 17.6. The molecule has 1 amide bonds. The number of carbonyl (C=O) groups excluding carboxylic acids is 1. The van der Waals surface area contributed by atoms with Crippen LogP contribution in [0.4, 0.5) is 0 Å². The van der Waals surface area contributed by atoms with E-state index in [-0.39, 0.29) is 11.0 Å². The first-order valence-corrected chi connectivity index (χ1v) is 13.3. The van der Waals surface area contributed by atoms with Crippen LogP contribution in [0.5, 0.6) is 17.2 Å². The van der Waals surface area contributed by atoms with Gasteiger partial charge in [-0.2, -0.15) is 0 Å². The summed E-state index contributed by atoms with van der Waals surface area (Å²) < 4.78 is 18.3. The lowest BCUT2D eigenvalue weighted by atomic mass is 10.1. The van der Waals surface area contributed by atoms with Crippen LogP contribution in [0.2, 0.25) is 0 Å². The van der Waals surface area contributed by atoms with Gasteiger partial charge in [0.2, 0.25) is 5.75 Å². The van der Waals surface area contributed by atoms with Crippen LogP contribution in [-0.4, -0.2) is 35.8 Å². The number of hydrogen-bond donors (Lipinski definition) is 2. The zero-order valence-electron chi connectivity index (χ0n) is 21.0. The van der Waals surface area contributed by atoms with E-state index in [9.17, 15) is 4.79 Å². The Morgan fingerprint density at radius 1 is 0.919 bits per heavy atom. The summed E-state index contributed by atoms with van der Waals surface area (Å²) in [6.45, 7) is 7.38. The molecule has 0 fully saturated rings. The zero-order valence-corrected chi connectivity index (χ0v) is 22.6. The summed E-state index contributed by atoms with van der Waals surface area (Å²) in [5, 5.41) is 7.03. The highest BCUT2D eigenvalue weighted by molar-refractivity contribution is 7.80. The number of thiazole rings is 1. The van der Waals surface area contributed by atoms with Gasteiger partial charge in [0, 0.05) is 17.7 Å². The van der Waals surface area contributed by atoms with Gasteiger partial charge in [0.05, 0.1) is 30.0 Å². The standard InChI is InChI=1S/C28H29N3O4S2/c1-4-33-22-15-20(16-23(34-5-2)25(22)35-6-3)26(32)31-28(36)29-17-18-11-13-19(14-12-18)27-30-21-9-7-8-10-24(21)37-27/h7-16H,4-6,17H2,1-3H3,(H2,29,31,32,36). The molecule has 0 unspecified atom stereocenters. The van der Waals surface area contributed by atoms with E-state index in [1.54, 1.807) is 23.5 Å². The molecule has 37 heavy (non-hydrogen) atoms. The summed E-state index contributed by atoms with van der Waals surface area (Å²) in [5.41, 5.74) is 3.45. The van der Waals surface area contributed by atoms with Crippen molar-refractivity contribution in [1.82, 2.24) is 15.6 Å². The number of rotatable bonds is 10. The Bertz CT molecular complexity index is 1330. The van der Waals surface area contributed by atoms with E-state index >= 15 is 0 Å². The molecule has 0 aliphatic rings. The number of hydrogen-bond acceptors (Lipinski definition) is 7. The predicted octanol–water partition coefficient (Wildman–Crippen LogP) is 5.96. The molecule has 9 heteroatoms. The first kappa shape index (κ1) is 26.4. The van der Waals surface area contributed by atoms with Gasteiger partial charge in [-0.05, 0) is 62.8 Å². The van der Waals surface area contributed by atoms with Crippen LogP contribution in [0.25, 0.3) is 20.8 Å². The van der Waals surface area contributed by atoms with Crippen molar-refractivity contribution in [2.24, 2.45) is 0 Å². The number of para-hydroxylation sites is 1. The van der Waals surface area contributed by atoms with Crippen molar-refractivity contribution < 1.29 is 19.0 Å². The molecule has 0 saturated carbocycles. The molecule has 0 spiro atoms. The molecule has 192 valence electrons. The molecule has 0 saturated heterocycles. The Balaban J connectivity index is 1.38. The fraction of sp³-hybridized carbons (Fsp3) is 0.250. The van der Waals surface area contributed by atoms with E-state index in [1.807, 2.05) is 63.2 Å². The molecular formula is C28H29N3O4S2. The second-order valence-electron chi connectivity index (χ2n) is 7.92. The summed E-state index contributed by atoms with van der Waals surface area (Å²) in [6.07, 6.45) is 0. The van der Waals surface area contributed by atoms with E-state index < -0.39 is 0 Å². The monoisotopic (exact) mass is 535 g/mol. The number of nitrogens with zero attached hydrogens (tertiary/aromatic N) is 1. The second-order valence-corrected chi connectivity index (χ2v) is 9.36. The van der Waals surface area contributed by atoms with E-state index in [2.05, 4.69) is 16.7 Å². The SMILES string of the molecule is CCOc1cc(C(=O)NC(=S)NCc2ccc(-c3nc4ccccc4s3)cc2)cc(OCC)c1OCC. The maximum Gasteiger partial charge on any atom is 0.257 e. The average Bonchev–Trinajstić information content (AvgIpc) is 3.34. The van der Waals surface area contributed by atoms with Gasteiger partial charge in [0.1, 0.15) is 5.01 Å². The Hall–Kier alpha value is -3.69. The first-order chi connectivity index (χ1) is 18.0. The Morgan fingerprint density at radius 2 is 1.57 bits per heavy atom. The molecular weight excluding hydrogens is 506 g/mol. The molecule has 2 N–H and O–H groups in total. The molecule has 0 radical (unpaired) electrons. The molecule has 0 aliphatic heterocycles. The van der Waals surface area contributed by atoms with Gasteiger partial charge >= 0.3 is 0 Å². The summed E-state index contributed by atoms with van der Waals surface area (Å²) in [6, 6.07) is 19.5. The lowest BCUT2D eigenvalue weighted by Gasteiger charge is -2.17. The van der Waals surface area contributed by atoms with Crippen LogP contribution in [0.15, 0.2) is 60.7 Å². The Labute approximate surface area is 225 Å². The highest BCUT2D eigenvalue weighted by Gasteiger charge is 2.19. The van der Waals surface area contributed by atoms with Crippen LogP contribution in [0.1, 0.15) is 36.7 Å². The average molecular weight is 536 g/mol. The molecule has 7 nitrogen and oxygen atoms in total. The molecule has 3 aromatic carbocycles. The normalized spacial score (nSPS) is 10.7. The fourth-order valence-electron chi connectivity index (χ4n) is 3.68. The number of aromatic nitrogens is 1. The molecule has 1 aromatic heterocycles. The quantitative estimate of drug-likeness (QED) is 0.242. The van der Waals surface area contributed by atoms with Crippen molar-refractivity contribution in [2.75, 3.05) is 19.8 Å². The van der Waals surface area contributed by atoms with Crippen molar-refractivity contribution in [3.05, 3.63) is 71.8 Å². The van der Waals surface area contributed by atoms with Crippen LogP contribution in [0, 0.1) is 0 Å². The third-order valence-electron chi connectivity index (χ3n) is 5.35. The zero-order chi connectivity index (χ0) is 26.2. The lowest BCUT2D eigenvalue weighted by molar-refractivity contribution is 0.0975. The van der Waals surface area contributed by atoms with Crippen molar-refractivity contribution in [3.8, 4) is 27.8 Å². The fourth-order valence-corrected chi connectivity index (χ4v) is 4.82. The third-order valence-corrected chi connectivity index (χ3v) is 6.68. The van der Waals surface area contributed by atoms with Gasteiger partial charge in [0.25, 0.3) is 5.91 Å². The molecule has 4 aromatic rings. The van der Waals surface area contributed by atoms with E-state index in [0.29, 0.717) is 49.2 Å². The van der Waals surface area contributed by atoms with Crippen LogP contribution < -0.4 is 24.8 Å². The first-order valence-electron chi connectivity index (χ1n) is 12.1. The van der Waals surface area contributed by atoms with Gasteiger partial charge < -0.3 is 19.5 Å². The summed E-state index contributed by atoms with van der Waals surface area (Å²) >= 11 is 7.04. The largest absolute Gasteiger partial charge is 0.490 e. The number of benzene rings is 3. The Morgan fingerprint density at radius 3 is 2.19 bits per heavy atom. The summed E-state index contributed by atoms with van der Waals surface area (Å²) in [7, 11) is 0. The lowest BCUT2D eigenvalue weighted by Crippen LogP contribution is -2.38. The molecule has 4 rings (SSSR count). The van der Waals surface area contributed by atoms with Crippen LogP contribution in [-0.2, 0) is 6.54 Å². The van der Waals surface area contributed by atoms with Crippen molar-refractivity contribution in [3.63, 3.8) is 0 Å². The highest BCUT2D eigenvalue weighted by atomic mass is 32.1. The van der Waals surface area contributed by atoms with Crippen molar-refractivity contribution in [2.45, 2.75) is 27.3 Å². The molecule has 0 aliphatic carbocycles. The third kappa shape index (κ3) is 6.55. The number of ether oxygens (including phenoxy) is 3. The van der Waals surface area contributed by atoms with Crippen molar-refractivity contribution in [1.29, 1.82) is 0 Å². The second kappa shape index (κ2) is 12.5. The minimum Gasteiger partial charge on any atom is -0.490 e. The van der Waals surface area contributed by atoms with Crippen molar-refractivity contribution >= 4 is 44.8 Å². The van der Waals surface area contributed by atoms with Gasteiger partial charge in [-0.1, -0.05) is 36.4 Å². The highest BCUT2D eigenvalue weighted by Crippen LogP contribution is 2.39. The molecule has 0 bridgehead atoms. The number of fused-ring (bicyclic) bond motifs is 1. The number of amides is 1. The minimum atomic E-state index is -0.367. The predicted molar refractivity (Wildman–Crippen MR) is 152 cm³/mol. The van der Waals surface area contributed by atoms with E-state index in [1.165, 1.54) is 4.70 Å². The Kier molecular flexibility index (Phi) is 8.92. The maximum atomic E-state index is 12.9. The van der Waals surface area contributed by atoms with Gasteiger partial charge in [-0.15, -0.1) is 11.3 Å². The number of carbonyl (C=O) groups is 1. The van der Waals surface area contributed by atoms with Crippen LogP contribution >= 0.6 is 23.6 Å². The summed E-state index contributed by atoms with van der Waals surface area (Å²) in [5.74, 6) is 1.02. The van der Waals surface area contributed by atoms with Crippen LogP contribution in [0.3, 0.4) is 0 Å². The maximum absolute atomic E-state index is 12.9. The van der Waals surface area contributed by atoms with E-state index in [4.69, 9.17) is 31.4 Å². The van der Waals surface area contributed by atoms with E-state index in [0.717, 1.165) is 21.7 Å². The van der Waals surface area contributed by atoms with Gasteiger partial charge in [-0.3, -0.25) is 10.1 Å². The topological polar surface area (TPSA) is 81.7 Å². The number of nitrogens with one attached hydrogen (secondary N) is 2. The van der Waals surface area contributed by atoms with Gasteiger partial charge in [0.15, 0.2) is 16.6 Å². The minimum absolute atomic E-state index is 0.227. The number of thiocarbonyl (C=S) groups is 1. The smallest absolute Gasteiger partial charge is 0.257 e. The van der Waals surface area contributed by atoms with Gasteiger partial charge in [-0.25, -0.2) is 4.98 Å². The molecule has 1 heterocycles.